The van der Waals surface area contributed by atoms with Gasteiger partial charge in [0, 0.05) is 17.7 Å². The maximum atomic E-state index is 5.35. The number of nitrogens with one attached hydrogen (secondary N) is 1. The molecule has 0 aliphatic rings. The molecule has 0 spiro atoms. The summed E-state index contributed by atoms with van der Waals surface area (Å²) >= 11 is 0. The van der Waals surface area contributed by atoms with Gasteiger partial charge in [0.05, 0.1) is 11.8 Å². The fourth-order valence-corrected chi connectivity index (χ4v) is 3.85. The highest BCUT2D eigenvalue weighted by Gasteiger charge is 2.17. The second-order valence-corrected chi connectivity index (χ2v) is 9.51. The molecule has 3 aromatic carbocycles. The maximum absolute atomic E-state index is 5.35. The van der Waals surface area contributed by atoms with Gasteiger partial charge < -0.3 is 5.32 Å². The fourth-order valence-electron chi connectivity index (χ4n) is 3.85. The second kappa shape index (κ2) is 11.8. The van der Waals surface area contributed by atoms with Crippen LogP contribution in [0.2, 0.25) is 0 Å². The lowest BCUT2D eigenvalue weighted by atomic mass is 9.86. The molecule has 168 valence electrons. The van der Waals surface area contributed by atoms with E-state index >= 15 is 0 Å². The summed E-state index contributed by atoms with van der Waals surface area (Å²) in [5.74, 6) is 0. The average Bonchev–Trinajstić information content (AvgIpc) is 2.81. The number of nitrogens with zero attached hydrogens (tertiary/aromatic N) is 1. The molecule has 32 heavy (non-hydrogen) atoms. The van der Waals surface area contributed by atoms with Gasteiger partial charge in [0.25, 0.3) is 0 Å². The van der Waals surface area contributed by atoms with E-state index in [2.05, 4.69) is 118 Å². The topological polar surface area (TPSA) is 24.4 Å². The Hall–Kier alpha value is -2.71. The van der Waals surface area contributed by atoms with Crippen molar-refractivity contribution in [3.05, 3.63) is 107 Å². The first-order valence-corrected chi connectivity index (χ1v) is 12.0. The zero-order chi connectivity index (χ0) is 22.8. The first-order valence-electron chi connectivity index (χ1n) is 12.0. The van der Waals surface area contributed by atoms with E-state index in [4.69, 9.17) is 4.99 Å². The third kappa shape index (κ3) is 6.90. The normalized spacial score (nSPS) is 12.4. The van der Waals surface area contributed by atoms with Crippen LogP contribution in [0.25, 0.3) is 0 Å². The van der Waals surface area contributed by atoms with Crippen molar-refractivity contribution in [1.29, 1.82) is 0 Å². The summed E-state index contributed by atoms with van der Waals surface area (Å²) in [6.07, 6.45) is 3.71. The minimum absolute atomic E-state index is 0.0565. The average molecular weight is 427 g/mol. The molecular weight excluding hydrogens is 388 g/mol. The summed E-state index contributed by atoms with van der Waals surface area (Å²) in [7, 11) is 0. The van der Waals surface area contributed by atoms with Crippen molar-refractivity contribution in [3.8, 4) is 0 Å². The van der Waals surface area contributed by atoms with Crippen LogP contribution in [-0.4, -0.2) is 18.8 Å². The van der Waals surface area contributed by atoms with Crippen molar-refractivity contribution in [1.82, 2.24) is 5.32 Å². The highest BCUT2D eigenvalue weighted by molar-refractivity contribution is 6.13. The van der Waals surface area contributed by atoms with Crippen molar-refractivity contribution < 1.29 is 0 Å². The molecule has 2 heteroatoms. The number of benzene rings is 3. The molecule has 0 heterocycles. The van der Waals surface area contributed by atoms with E-state index < -0.39 is 0 Å². The summed E-state index contributed by atoms with van der Waals surface area (Å²) in [4.78, 5) is 5.35. The van der Waals surface area contributed by atoms with Gasteiger partial charge in [-0.25, -0.2) is 0 Å². The van der Waals surface area contributed by atoms with Gasteiger partial charge in [-0.05, 0) is 29.5 Å². The van der Waals surface area contributed by atoms with Crippen molar-refractivity contribution in [2.45, 2.75) is 58.4 Å². The fraction of sp³-hybridized carbons (Fsp3) is 0.367. The molecule has 0 saturated heterocycles. The largest absolute Gasteiger partial charge is 0.314 e. The van der Waals surface area contributed by atoms with Gasteiger partial charge in [-0.15, -0.1) is 0 Å². The Kier molecular flexibility index (Phi) is 8.81. The van der Waals surface area contributed by atoms with Gasteiger partial charge in [0.2, 0.25) is 0 Å². The van der Waals surface area contributed by atoms with Crippen LogP contribution >= 0.6 is 0 Å². The molecule has 3 aromatic rings. The lowest BCUT2D eigenvalue weighted by Crippen LogP contribution is -2.23. The zero-order valence-corrected chi connectivity index (χ0v) is 20.1. The molecular formula is C30H38N2. The standard InChI is InChI=1S/C30H38N2/c1-5-6-13-22-31-23-28(24-18-20-27(21-19-24)30(2,3)4)32-29(25-14-9-7-10-15-25)26-16-11-8-12-17-26/h7-12,14-21,28,31H,5-6,13,22-23H2,1-4H3. The zero-order valence-electron chi connectivity index (χ0n) is 20.1. The van der Waals surface area contributed by atoms with Crippen molar-refractivity contribution in [3.63, 3.8) is 0 Å². The van der Waals surface area contributed by atoms with Crippen molar-refractivity contribution in [2.24, 2.45) is 4.99 Å². The Morgan fingerprint density at radius 1 is 0.781 bits per heavy atom. The van der Waals surface area contributed by atoms with Gasteiger partial charge in [0.15, 0.2) is 0 Å². The van der Waals surface area contributed by atoms with Crippen LogP contribution in [-0.2, 0) is 5.41 Å². The van der Waals surface area contributed by atoms with E-state index in [9.17, 15) is 0 Å². The minimum atomic E-state index is 0.0565. The Balaban J connectivity index is 1.97. The molecule has 1 unspecified atom stereocenters. The second-order valence-electron chi connectivity index (χ2n) is 9.51. The molecule has 3 rings (SSSR count). The molecule has 0 bridgehead atoms. The Morgan fingerprint density at radius 2 is 1.34 bits per heavy atom. The molecule has 1 atom stereocenters. The highest BCUT2D eigenvalue weighted by atomic mass is 14.9. The van der Waals surface area contributed by atoms with Gasteiger partial charge in [-0.3, -0.25) is 4.99 Å². The Labute approximate surface area is 194 Å². The van der Waals surface area contributed by atoms with E-state index in [0.29, 0.717) is 0 Å². The minimum Gasteiger partial charge on any atom is -0.314 e. The van der Waals surface area contributed by atoms with Crippen LogP contribution in [0.5, 0.6) is 0 Å². The van der Waals surface area contributed by atoms with Crippen LogP contribution in [0.4, 0.5) is 0 Å². The SMILES string of the molecule is CCCCCNCC(N=C(c1ccccc1)c1ccccc1)c1ccc(C(C)(C)C)cc1. The maximum Gasteiger partial charge on any atom is 0.0881 e. The highest BCUT2D eigenvalue weighted by Crippen LogP contribution is 2.26. The molecule has 0 fully saturated rings. The summed E-state index contributed by atoms with van der Waals surface area (Å²) in [6.45, 7) is 10.9. The number of aliphatic imine (C=N–C) groups is 1. The molecule has 0 amide bonds. The summed E-state index contributed by atoms with van der Waals surface area (Å²) in [6, 6.07) is 30.2. The summed E-state index contributed by atoms with van der Waals surface area (Å²) in [5.41, 5.74) is 6.11. The number of hydrogen-bond donors (Lipinski definition) is 1. The number of hydrogen-bond acceptors (Lipinski definition) is 2. The third-order valence-electron chi connectivity index (χ3n) is 5.84. The van der Waals surface area contributed by atoms with E-state index in [1.807, 2.05) is 0 Å². The third-order valence-corrected chi connectivity index (χ3v) is 5.84. The number of rotatable bonds is 10. The van der Waals surface area contributed by atoms with Crippen LogP contribution in [0.3, 0.4) is 0 Å². The summed E-state index contributed by atoms with van der Waals surface area (Å²) in [5, 5.41) is 3.66. The smallest absolute Gasteiger partial charge is 0.0881 e. The quantitative estimate of drug-likeness (QED) is 0.266. The van der Waals surface area contributed by atoms with Gasteiger partial charge in [-0.1, -0.05) is 125 Å². The molecule has 0 radical (unpaired) electrons. The van der Waals surface area contributed by atoms with Crippen LogP contribution in [0.1, 0.15) is 75.3 Å². The molecule has 2 nitrogen and oxygen atoms in total. The van der Waals surface area contributed by atoms with E-state index in [0.717, 1.165) is 29.9 Å². The molecule has 1 N–H and O–H groups in total. The summed E-state index contributed by atoms with van der Waals surface area (Å²) < 4.78 is 0. The van der Waals surface area contributed by atoms with E-state index in [1.54, 1.807) is 0 Å². The first-order chi connectivity index (χ1) is 15.5. The monoisotopic (exact) mass is 426 g/mol. The predicted molar refractivity (Wildman–Crippen MR) is 139 cm³/mol. The van der Waals surface area contributed by atoms with Crippen LogP contribution < -0.4 is 5.32 Å². The lowest BCUT2D eigenvalue weighted by Gasteiger charge is -2.21. The molecule has 0 aromatic heterocycles. The van der Waals surface area contributed by atoms with E-state index in [1.165, 1.54) is 30.4 Å². The van der Waals surface area contributed by atoms with E-state index in [-0.39, 0.29) is 11.5 Å². The van der Waals surface area contributed by atoms with Crippen LogP contribution in [0.15, 0.2) is 89.9 Å². The van der Waals surface area contributed by atoms with Gasteiger partial charge in [-0.2, -0.15) is 0 Å². The molecule has 0 aliphatic carbocycles. The van der Waals surface area contributed by atoms with Crippen molar-refractivity contribution in [2.75, 3.05) is 13.1 Å². The van der Waals surface area contributed by atoms with Gasteiger partial charge in [0.1, 0.15) is 0 Å². The molecule has 0 saturated carbocycles. The first kappa shape index (κ1) is 23.9. The van der Waals surface area contributed by atoms with Gasteiger partial charge >= 0.3 is 0 Å². The van der Waals surface area contributed by atoms with Crippen molar-refractivity contribution >= 4 is 5.71 Å². The molecule has 0 aliphatic heterocycles. The predicted octanol–water partition coefficient (Wildman–Crippen LogP) is 7.34. The Bertz CT molecular complexity index is 910. The lowest BCUT2D eigenvalue weighted by molar-refractivity contribution is 0.567. The number of unbranched alkanes of at least 4 members (excludes halogenated alkanes) is 2. The van der Waals surface area contributed by atoms with Crippen LogP contribution in [0, 0.1) is 0 Å². The Morgan fingerprint density at radius 3 is 1.84 bits per heavy atom.